The first-order chi connectivity index (χ1) is 7.29. The van der Waals surface area contributed by atoms with E-state index in [2.05, 4.69) is 12.3 Å². The molecule has 0 aliphatic carbocycles. The number of hydrogen-bond acceptors (Lipinski definition) is 2. The summed E-state index contributed by atoms with van der Waals surface area (Å²) in [7, 11) is 0. The minimum atomic E-state index is 0.408. The molecule has 0 radical (unpaired) electrons. The molecule has 0 spiro atoms. The standard InChI is InChI=1S/C12H18ClNS/c1-15-8-4-5-10(9-14)11-6-2-3-7-12(11)13/h2-3,6-7,10H,4-5,8-9,14H2,1H3. The number of nitrogens with two attached hydrogens (primary N) is 1. The highest BCUT2D eigenvalue weighted by molar-refractivity contribution is 7.98. The quantitative estimate of drug-likeness (QED) is 0.774. The molecule has 1 rings (SSSR count). The predicted molar refractivity (Wildman–Crippen MR) is 70.9 cm³/mol. The summed E-state index contributed by atoms with van der Waals surface area (Å²) in [6.45, 7) is 0.679. The zero-order valence-electron chi connectivity index (χ0n) is 9.08. The van der Waals surface area contributed by atoms with Crippen LogP contribution in [-0.2, 0) is 0 Å². The average Bonchev–Trinajstić information content (AvgIpc) is 2.26. The molecular weight excluding hydrogens is 226 g/mol. The van der Waals surface area contributed by atoms with Crippen molar-refractivity contribution in [1.82, 2.24) is 0 Å². The van der Waals surface area contributed by atoms with Gasteiger partial charge >= 0.3 is 0 Å². The van der Waals surface area contributed by atoms with Crippen molar-refractivity contribution in [2.75, 3.05) is 18.6 Å². The van der Waals surface area contributed by atoms with E-state index in [1.165, 1.54) is 17.7 Å². The van der Waals surface area contributed by atoms with Crippen molar-refractivity contribution in [2.24, 2.45) is 5.73 Å². The van der Waals surface area contributed by atoms with Crippen LogP contribution in [0.3, 0.4) is 0 Å². The second-order valence-corrected chi connectivity index (χ2v) is 4.98. The Balaban J connectivity index is 2.61. The van der Waals surface area contributed by atoms with Gasteiger partial charge in [0.15, 0.2) is 0 Å². The molecule has 0 aromatic heterocycles. The van der Waals surface area contributed by atoms with E-state index in [0.717, 1.165) is 11.4 Å². The lowest BCUT2D eigenvalue weighted by molar-refractivity contribution is 0.626. The third-order valence-corrected chi connectivity index (χ3v) is 3.57. The lowest BCUT2D eigenvalue weighted by atomic mass is 9.95. The molecule has 15 heavy (non-hydrogen) atoms. The Labute approximate surface area is 101 Å². The summed E-state index contributed by atoms with van der Waals surface area (Å²) in [5.41, 5.74) is 6.99. The average molecular weight is 244 g/mol. The molecule has 1 unspecified atom stereocenters. The van der Waals surface area contributed by atoms with Gasteiger partial charge in [-0.3, -0.25) is 0 Å². The predicted octanol–water partition coefficient (Wildman–Crippen LogP) is 3.53. The minimum Gasteiger partial charge on any atom is -0.330 e. The molecular formula is C12H18ClNS. The van der Waals surface area contributed by atoms with E-state index >= 15 is 0 Å². The molecule has 0 bridgehead atoms. The molecule has 0 heterocycles. The summed E-state index contributed by atoms with van der Waals surface area (Å²) >= 11 is 8.03. The van der Waals surface area contributed by atoms with Crippen molar-refractivity contribution < 1.29 is 0 Å². The van der Waals surface area contributed by atoms with E-state index < -0.39 is 0 Å². The highest BCUT2D eigenvalue weighted by atomic mass is 35.5. The van der Waals surface area contributed by atoms with Crippen molar-refractivity contribution in [3.63, 3.8) is 0 Å². The van der Waals surface area contributed by atoms with Crippen molar-refractivity contribution >= 4 is 23.4 Å². The normalized spacial score (nSPS) is 12.7. The van der Waals surface area contributed by atoms with Crippen LogP contribution >= 0.6 is 23.4 Å². The molecule has 0 amide bonds. The van der Waals surface area contributed by atoms with Gasteiger partial charge in [0.25, 0.3) is 0 Å². The van der Waals surface area contributed by atoms with E-state index in [4.69, 9.17) is 17.3 Å². The van der Waals surface area contributed by atoms with Crippen LogP contribution < -0.4 is 5.73 Å². The van der Waals surface area contributed by atoms with Crippen molar-refractivity contribution in [2.45, 2.75) is 18.8 Å². The van der Waals surface area contributed by atoms with Gasteiger partial charge < -0.3 is 5.73 Å². The van der Waals surface area contributed by atoms with Crippen LogP contribution in [0.4, 0.5) is 0 Å². The Bertz CT molecular complexity index is 291. The molecule has 0 fully saturated rings. The van der Waals surface area contributed by atoms with Gasteiger partial charge in [-0.2, -0.15) is 11.8 Å². The SMILES string of the molecule is CSCCCC(CN)c1ccccc1Cl. The highest BCUT2D eigenvalue weighted by Gasteiger charge is 2.11. The molecule has 0 aliphatic rings. The lowest BCUT2D eigenvalue weighted by Crippen LogP contribution is -2.13. The van der Waals surface area contributed by atoms with Gasteiger partial charge in [0.05, 0.1) is 0 Å². The summed E-state index contributed by atoms with van der Waals surface area (Å²) in [5, 5.41) is 0.845. The fourth-order valence-electron chi connectivity index (χ4n) is 1.68. The van der Waals surface area contributed by atoms with Gasteiger partial charge in [0, 0.05) is 5.02 Å². The number of halogens is 1. The van der Waals surface area contributed by atoms with Gasteiger partial charge in [0.2, 0.25) is 0 Å². The fraction of sp³-hybridized carbons (Fsp3) is 0.500. The van der Waals surface area contributed by atoms with E-state index in [-0.39, 0.29) is 0 Å². The van der Waals surface area contributed by atoms with Gasteiger partial charge in [-0.05, 0) is 48.9 Å². The molecule has 2 N–H and O–H groups in total. The van der Waals surface area contributed by atoms with Gasteiger partial charge in [-0.1, -0.05) is 29.8 Å². The maximum atomic E-state index is 6.15. The highest BCUT2D eigenvalue weighted by Crippen LogP contribution is 2.27. The first-order valence-electron chi connectivity index (χ1n) is 5.23. The smallest absolute Gasteiger partial charge is 0.0441 e. The molecule has 3 heteroatoms. The summed E-state index contributed by atoms with van der Waals surface area (Å²) in [6.07, 6.45) is 4.46. The van der Waals surface area contributed by atoms with E-state index in [1.807, 2.05) is 30.0 Å². The Kier molecular flexibility index (Phi) is 6.15. The summed E-state index contributed by atoms with van der Waals surface area (Å²) in [5.74, 6) is 1.60. The third-order valence-electron chi connectivity index (χ3n) is 2.53. The van der Waals surface area contributed by atoms with Gasteiger partial charge in [-0.15, -0.1) is 0 Å². The molecule has 0 saturated carbocycles. The molecule has 0 aliphatic heterocycles. The van der Waals surface area contributed by atoms with Crippen molar-refractivity contribution in [1.29, 1.82) is 0 Å². The van der Waals surface area contributed by atoms with Gasteiger partial charge in [0.1, 0.15) is 0 Å². The monoisotopic (exact) mass is 243 g/mol. The largest absolute Gasteiger partial charge is 0.330 e. The third kappa shape index (κ3) is 4.06. The zero-order chi connectivity index (χ0) is 11.1. The zero-order valence-corrected chi connectivity index (χ0v) is 10.7. The van der Waals surface area contributed by atoms with Crippen LogP contribution in [0.5, 0.6) is 0 Å². The van der Waals surface area contributed by atoms with E-state index in [9.17, 15) is 0 Å². The van der Waals surface area contributed by atoms with E-state index in [1.54, 1.807) is 0 Å². The lowest BCUT2D eigenvalue weighted by Gasteiger charge is -2.16. The molecule has 1 aromatic carbocycles. The van der Waals surface area contributed by atoms with Crippen LogP contribution in [-0.4, -0.2) is 18.6 Å². The van der Waals surface area contributed by atoms with Crippen LogP contribution in [0.1, 0.15) is 24.3 Å². The summed E-state index contributed by atoms with van der Waals surface area (Å²) < 4.78 is 0. The molecule has 1 atom stereocenters. The summed E-state index contributed by atoms with van der Waals surface area (Å²) in [6, 6.07) is 8.01. The maximum absolute atomic E-state index is 6.15. The van der Waals surface area contributed by atoms with Crippen molar-refractivity contribution in [3.05, 3.63) is 34.9 Å². The van der Waals surface area contributed by atoms with Crippen LogP contribution in [0.2, 0.25) is 5.02 Å². The fourth-order valence-corrected chi connectivity index (χ4v) is 2.43. The molecule has 0 saturated heterocycles. The number of rotatable bonds is 6. The number of benzene rings is 1. The second kappa shape index (κ2) is 7.15. The topological polar surface area (TPSA) is 26.0 Å². The number of thioether (sulfide) groups is 1. The van der Waals surface area contributed by atoms with E-state index in [0.29, 0.717) is 12.5 Å². The van der Waals surface area contributed by atoms with Crippen LogP contribution in [0.15, 0.2) is 24.3 Å². The van der Waals surface area contributed by atoms with Crippen LogP contribution in [0, 0.1) is 0 Å². The first kappa shape index (κ1) is 12.9. The molecule has 1 aromatic rings. The van der Waals surface area contributed by atoms with Gasteiger partial charge in [-0.25, -0.2) is 0 Å². The number of hydrogen-bond donors (Lipinski definition) is 1. The Morgan fingerprint density at radius 3 is 2.73 bits per heavy atom. The first-order valence-corrected chi connectivity index (χ1v) is 7.00. The Morgan fingerprint density at radius 1 is 1.40 bits per heavy atom. The summed E-state index contributed by atoms with van der Waals surface area (Å²) in [4.78, 5) is 0. The Morgan fingerprint density at radius 2 is 2.13 bits per heavy atom. The maximum Gasteiger partial charge on any atom is 0.0441 e. The Hall–Kier alpha value is -0.180. The molecule has 1 nitrogen and oxygen atoms in total. The second-order valence-electron chi connectivity index (χ2n) is 3.59. The van der Waals surface area contributed by atoms with Crippen molar-refractivity contribution in [3.8, 4) is 0 Å². The minimum absolute atomic E-state index is 0.408. The molecule has 84 valence electrons. The van der Waals surface area contributed by atoms with Crippen LogP contribution in [0.25, 0.3) is 0 Å².